The molecule has 8 heteroatoms. The largest absolute Gasteiger partial charge is 0.456 e. The second-order valence-corrected chi connectivity index (χ2v) is 5.77. The van der Waals surface area contributed by atoms with Crippen molar-refractivity contribution in [2.45, 2.75) is 13.5 Å². The molecule has 0 spiro atoms. The van der Waals surface area contributed by atoms with Crippen LogP contribution in [-0.4, -0.2) is 26.6 Å². The Morgan fingerprint density at radius 1 is 1.29 bits per heavy atom. The number of amides is 1. The first-order valence-corrected chi connectivity index (χ1v) is 7.99. The van der Waals surface area contributed by atoms with Crippen LogP contribution in [0.3, 0.4) is 0 Å². The SMILES string of the molecule is CC(=O)Nc1nc(C(=O)OCc2ccc(-n3cccn3)cc2)cs1. The predicted octanol–water partition coefficient (Wildman–Crippen LogP) is 2.64. The smallest absolute Gasteiger partial charge is 0.358 e. The van der Waals surface area contributed by atoms with Gasteiger partial charge in [0.05, 0.1) is 5.69 Å². The Hall–Kier alpha value is -3.00. The number of carbonyl (C=O) groups is 2. The monoisotopic (exact) mass is 342 g/mol. The van der Waals surface area contributed by atoms with Gasteiger partial charge in [0.1, 0.15) is 6.61 Å². The third kappa shape index (κ3) is 3.85. The number of nitrogens with one attached hydrogen (secondary N) is 1. The van der Waals surface area contributed by atoms with Gasteiger partial charge in [0, 0.05) is 24.7 Å². The molecule has 0 bridgehead atoms. The highest BCUT2D eigenvalue weighted by molar-refractivity contribution is 7.14. The Labute approximate surface area is 141 Å². The van der Waals surface area contributed by atoms with Crippen LogP contribution in [0, 0.1) is 0 Å². The molecule has 1 amide bonds. The van der Waals surface area contributed by atoms with Crippen molar-refractivity contribution in [3.05, 3.63) is 59.4 Å². The first-order valence-electron chi connectivity index (χ1n) is 7.11. The van der Waals surface area contributed by atoms with Crippen LogP contribution in [0.4, 0.5) is 5.13 Å². The molecule has 0 saturated carbocycles. The minimum absolute atomic E-state index is 0.144. The summed E-state index contributed by atoms with van der Waals surface area (Å²) in [6.07, 6.45) is 3.56. The number of benzene rings is 1. The molecule has 24 heavy (non-hydrogen) atoms. The first kappa shape index (κ1) is 15.9. The van der Waals surface area contributed by atoms with E-state index in [4.69, 9.17) is 4.74 Å². The summed E-state index contributed by atoms with van der Waals surface area (Å²) >= 11 is 1.17. The molecule has 0 aliphatic carbocycles. The summed E-state index contributed by atoms with van der Waals surface area (Å²) < 4.78 is 6.98. The van der Waals surface area contributed by atoms with Crippen LogP contribution in [0.15, 0.2) is 48.1 Å². The molecular weight excluding hydrogens is 328 g/mol. The minimum Gasteiger partial charge on any atom is -0.456 e. The van der Waals surface area contributed by atoms with E-state index in [-0.39, 0.29) is 18.2 Å². The van der Waals surface area contributed by atoms with E-state index in [0.717, 1.165) is 11.3 Å². The Morgan fingerprint density at radius 2 is 2.08 bits per heavy atom. The molecule has 0 aliphatic heterocycles. The van der Waals surface area contributed by atoms with E-state index in [9.17, 15) is 9.59 Å². The van der Waals surface area contributed by atoms with E-state index in [0.29, 0.717) is 5.13 Å². The summed E-state index contributed by atoms with van der Waals surface area (Å²) in [5.41, 5.74) is 1.96. The molecule has 0 radical (unpaired) electrons. The zero-order valence-corrected chi connectivity index (χ0v) is 13.6. The molecule has 3 rings (SSSR count). The number of nitrogens with zero attached hydrogens (tertiary/aromatic N) is 3. The lowest BCUT2D eigenvalue weighted by Crippen LogP contribution is -2.08. The van der Waals surface area contributed by atoms with Gasteiger partial charge in [0.25, 0.3) is 0 Å². The van der Waals surface area contributed by atoms with Crippen molar-refractivity contribution in [3.8, 4) is 5.69 Å². The molecule has 0 atom stereocenters. The van der Waals surface area contributed by atoms with Gasteiger partial charge in [-0.1, -0.05) is 12.1 Å². The number of hydrogen-bond donors (Lipinski definition) is 1. The molecule has 3 aromatic rings. The highest BCUT2D eigenvalue weighted by Gasteiger charge is 2.13. The number of anilines is 1. The molecule has 0 aliphatic rings. The van der Waals surface area contributed by atoms with Gasteiger partial charge in [0.2, 0.25) is 5.91 Å². The molecule has 2 aromatic heterocycles. The van der Waals surface area contributed by atoms with Gasteiger partial charge in [-0.25, -0.2) is 14.5 Å². The van der Waals surface area contributed by atoms with Gasteiger partial charge in [-0.15, -0.1) is 11.3 Å². The Morgan fingerprint density at radius 3 is 2.75 bits per heavy atom. The lowest BCUT2D eigenvalue weighted by atomic mass is 10.2. The molecule has 1 N–H and O–H groups in total. The van der Waals surface area contributed by atoms with E-state index in [1.54, 1.807) is 16.3 Å². The predicted molar refractivity (Wildman–Crippen MR) is 89.1 cm³/mol. The normalized spacial score (nSPS) is 10.4. The Kier molecular flexibility index (Phi) is 4.66. The van der Waals surface area contributed by atoms with Crippen LogP contribution < -0.4 is 5.32 Å². The van der Waals surface area contributed by atoms with Crippen molar-refractivity contribution in [1.82, 2.24) is 14.8 Å². The zero-order valence-electron chi connectivity index (χ0n) is 12.8. The number of carbonyl (C=O) groups excluding carboxylic acids is 2. The average Bonchev–Trinajstić information content (AvgIpc) is 3.24. The number of ether oxygens (including phenoxy) is 1. The fraction of sp³-hybridized carbons (Fsp3) is 0.125. The quantitative estimate of drug-likeness (QED) is 0.720. The van der Waals surface area contributed by atoms with Gasteiger partial charge in [-0.05, 0) is 23.8 Å². The highest BCUT2D eigenvalue weighted by atomic mass is 32.1. The molecule has 0 fully saturated rings. The number of esters is 1. The van der Waals surface area contributed by atoms with Gasteiger partial charge >= 0.3 is 5.97 Å². The van der Waals surface area contributed by atoms with Crippen LogP contribution in [-0.2, 0) is 16.1 Å². The minimum atomic E-state index is -0.529. The summed E-state index contributed by atoms with van der Waals surface area (Å²) in [5.74, 6) is -0.763. The van der Waals surface area contributed by atoms with Crippen molar-refractivity contribution >= 4 is 28.3 Å². The lowest BCUT2D eigenvalue weighted by molar-refractivity contribution is -0.114. The van der Waals surface area contributed by atoms with Crippen LogP contribution in [0.1, 0.15) is 23.0 Å². The second-order valence-electron chi connectivity index (χ2n) is 4.91. The van der Waals surface area contributed by atoms with Crippen molar-refractivity contribution in [1.29, 1.82) is 0 Å². The molecule has 0 saturated heterocycles. The van der Waals surface area contributed by atoms with Crippen LogP contribution in [0.5, 0.6) is 0 Å². The molecule has 1 aromatic carbocycles. The second kappa shape index (κ2) is 7.05. The van der Waals surface area contributed by atoms with Crippen LogP contribution in [0.25, 0.3) is 5.69 Å². The van der Waals surface area contributed by atoms with Crippen LogP contribution >= 0.6 is 11.3 Å². The van der Waals surface area contributed by atoms with Crippen LogP contribution in [0.2, 0.25) is 0 Å². The summed E-state index contributed by atoms with van der Waals surface area (Å²) in [4.78, 5) is 26.9. The maximum absolute atomic E-state index is 12.0. The van der Waals surface area contributed by atoms with E-state index in [1.807, 2.05) is 36.5 Å². The maximum Gasteiger partial charge on any atom is 0.358 e. The molecule has 7 nitrogen and oxygen atoms in total. The Balaban J connectivity index is 1.58. The molecular formula is C16H14N4O3S. The van der Waals surface area contributed by atoms with E-state index in [1.165, 1.54) is 18.3 Å². The summed E-state index contributed by atoms with van der Waals surface area (Å²) in [7, 11) is 0. The van der Waals surface area contributed by atoms with Crippen molar-refractivity contribution < 1.29 is 14.3 Å². The fourth-order valence-electron chi connectivity index (χ4n) is 1.96. The number of hydrogen-bond acceptors (Lipinski definition) is 6. The standard InChI is InChI=1S/C16H14N4O3S/c1-11(21)18-16-19-14(10-24-16)15(22)23-9-12-3-5-13(6-4-12)20-8-2-7-17-20/h2-8,10H,9H2,1H3,(H,18,19,21). The van der Waals surface area contributed by atoms with Gasteiger partial charge < -0.3 is 10.1 Å². The molecule has 122 valence electrons. The topological polar surface area (TPSA) is 86.1 Å². The number of thiazole rings is 1. The first-order chi connectivity index (χ1) is 11.6. The third-order valence-electron chi connectivity index (χ3n) is 3.07. The number of aromatic nitrogens is 3. The molecule has 2 heterocycles. The average molecular weight is 342 g/mol. The zero-order chi connectivity index (χ0) is 16.9. The summed E-state index contributed by atoms with van der Waals surface area (Å²) in [6.45, 7) is 1.53. The van der Waals surface area contributed by atoms with Crippen molar-refractivity contribution in [2.75, 3.05) is 5.32 Å². The van der Waals surface area contributed by atoms with Gasteiger partial charge in [-0.2, -0.15) is 5.10 Å². The summed E-state index contributed by atoms with van der Waals surface area (Å²) in [6, 6.07) is 9.38. The Bertz CT molecular complexity index is 841. The third-order valence-corrected chi connectivity index (χ3v) is 3.83. The number of rotatable bonds is 5. The van der Waals surface area contributed by atoms with Gasteiger partial charge in [-0.3, -0.25) is 4.79 Å². The summed E-state index contributed by atoms with van der Waals surface area (Å²) in [5, 5.41) is 8.60. The molecule has 0 unspecified atom stereocenters. The highest BCUT2D eigenvalue weighted by Crippen LogP contribution is 2.17. The van der Waals surface area contributed by atoms with Gasteiger partial charge in [0.15, 0.2) is 10.8 Å². The van der Waals surface area contributed by atoms with E-state index in [2.05, 4.69) is 15.4 Å². The lowest BCUT2D eigenvalue weighted by Gasteiger charge is -2.05. The van der Waals surface area contributed by atoms with E-state index < -0.39 is 5.97 Å². The maximum atomic E-state index is 12.0. The van der Waals surface area contributed by atoms with Crippen molar-refractivity contribution in [2.24, 2.45) is 0 Å². The fourth-order valence-corrected chi connectivity index (χ4v) is 2.69. The van der Waals surface area contributed by atoms with Crippen molar-refractivity contribution in [3.63, 3.8) is 0 Å². The van der Waals surface area contributed by atoms with E-state index >= 15 is 0 Å².